The van der Waals surface area contributed by atoms with Gasteiger partial charge in [0.05, 0.1) is 16.0 Å². The van der Waals surface area contributed by atoms with Gasteiger partial charge in [0.25, 0.3) is 5.69 Å². The molecule has 0 saturated carbocycles. The van der Waals surface area contributed by atoms with Gasteiger partial charge in [-0.15, -0.1) is 0 Å². The smallest absolute Gasteiger partial charge is 0.307 e. The van der Waals surface area contributed by atoms with E-state index in [9.17, 15) is 14.9 Å². The zero-order chi connectivity index (χ0) is 23.2. The average Bonchev–Trinajstić information content (AvgIpc) is 2.81. The summed E-state index contributed by atoms with van der Waals surface area (Å²) in [6.45, 7) is 0. The number of carbonyl (C=O) groups excluding carboxylic acids is 1. The third kappa shape index (κ3) is 5.60. The molecular weight excluding hydrogens is 444 g/mol. The second-order valence-corrected chi connectivity index (χ2v) is 7.28. The van der Waals surface area contributed by atoms with E-state index >= 15 is 0 Å². The fourth-order valence-corrected chi connectivity index (χ4v) is 3.14. The van der Waals surface area contributed by atoms with Gasteiger partial charge in [0, 0.05) is 22.8 Å². The van der Waals surface area contributed by atoms with Gasteiger partial charge in [-0.25, -0.2) is 20.2 Å². The molecule has 0 aliphatic carbocycles. The molecule has 164 valence electrons. The number of nitro groups is 1. The van der Waals surface area contributed by atoms with Crippen LogP contribution >= 0.6 is 11.6 Å². The van der Waals surface area contributed by atoms with Crippen LogP contribution in [0.2, 0.25) is 5.02 Å². The van der Waals surface area contributed by atoms with E-state index in [-0.39, 0.29) is 5.69 Å². The van der Waals surface area contributed by atoms with Crippen LogP contribution in [0.25, 0.3) is 23.2 Å². The number of nitrogens with one attached hydrogen (secondary N) is 3. The number of urea groups is 1. The lowest BCUT2D eigenvalue weighted by Gasteiger charge is -2.12. The first kappa shape index (κ1) is 21.7. The van der Waals surface area contributed by atoms with E-state index in [2.05, 4.69) is 26.1 Å². The van der Waals surface area contributed by atoms with Crippen LogP contribution in [0.15, 0.2) is 72.8 Å². The molecule has 33 heavy (non-hydrogen) atoms. The van der Waals surface area contributed by atoms with Crippen molar-refractivity contribution < 1.29 is 9.72 Å². The zero-order valence-electron chi connectivity index (χ0n) is 17.0. The summed E-state index contributed by atoms with van der Waals surface area (Å²) in [6, 6.07) is 19.7. The number of carbonyl (C=O) groups is 1. The molecule has 2 amide bonds. The summed E-state index contributed by atoms with van der Waals surface area (Å²) >= 11 is 5.94. The number of anilines is 2. The first-order valence-corrected chi connectivity index (χ1v) is 10.1. The van der Waals surface area contributed by atoms with Crippen LogP contribution in [-0.4, -0.2) is 20.9 Å². The highest BCUT2D eigenvalue weighted by atomic mass is 35.5. The molecule has 0 spiro atoms. The summed E-state index contributed by atoms with van der Waals surface area (Å²) in [5.74, 6) is 0.327. The minimum Gasteiger partial charge on any atom is -0.307 e. The fourth-order valence-electron chi connectivity index (χ4n) is 2.95. The number of rotatable bonds is 6. The van der Waals surface area contributed by atoms with Crippen LogP contribution in [0.3, 0.4) is 0 Å². The van der Waals surface area contributed by atoms with Gasteiger partial charge in [-0.3, -0.25) is 15.5 Å². The van der Waals surface area contributed by atoms with E-state index in [0.717, 1.165) is 5.56 Å². The van der Waals surface area contributed by atoms with E-state index in [1.165, 1.54) is 12.1 Å². The van der Waals surface area contributed by atoms with Gasteiger partial charge in [-0.2, -0.15) is 0 Å². The number of non-ortho nitro benzene ring substituents is 1. The zero-order valence-corrected chi connectivity index (χ0v) is 17.8. The average molecular weight is 461 g/mol. The maximum Gasteiger partial charge on any atom is 0.337 e. The normalized spacial score (nSPS) is 10.8. The Morgan fingerprint density at radius 2 is 1.67 bits per heavy atom. The van der Waals surface area contributed by atoms with Crippen LogP contribution in [0.4, 0.5) is 22.0 Å². The highest BCUT2D eigenvalue weighted by Gasteiger charge is 2.09. The minimum atomic E-state index is -0.516. The number of para-hydroxylation sites is 2. The van der Waals surface area contributed by atoms with Crippen molar-refractivity contribution in [2.75, 3.05) is 10.7 Å². The van der Waals surface area contributed by atoms with Crippen molar-refractivity contribution in [2.45, 2.75) is 0 Å². The second kappa shape index (κ2) is 9.75. The largest absolute Gasteiger partial charge is 0.337 e. The maximum atomic E-state index is 12.3. The number of hydrazine groups is 1. The summed E-state index contributed by atoms with van der Waals surface area (Å²) < 4.78 is 0. The molecule has 3 N–H and O–H groups in total. The summed E-state index contributed by atoms with van der Waals surface area (Å²) in [5.41, 5.74) is 8.40. The molecule has 1 aromatic heterocycles. The molecule has 9 nitrogen and oxygen atoms in total. The van der Waals surface area contributed by atoms with Crippen molar-refractivity contribution in [3.8, 4) is 0 Å². The molecular formula is C23H17ClN6O3. The van der Waals surface area contributed by atoms with Crippen LogP contribution < -0.4 is 16.2 Å². The lowest BCUT2D eigenvalue weighted by Crippen LogP contribution is -2.34. The van der Waals surface area contributed by atoms with Crippen LogP contribution in [0.5, 0.6) is 0 Å². The third-order valence-corrected chi connectivity index (χ3v) is 4.75. The summed E-state index contributed by atoms with van der Waals surface area (Å²) in [6.07, 6.45) is 3.46. The number of nitrogens with zero attached hydrogens (tertiary/aromatic N) is 3. The molecule has 0 aliphatic heterocycles. The van der Waals surface area contributed by atoms with E-state index in [1.54, 1.807) is 48.6 Å². The van der Waals surface area contributed by atoms with E-state index in [0.29, 0.717) is 33.3 Å². The second-order valence-electron chi connectivity index (χ2n) is 6.84. The van der Waals surface area contributed by atoms with Crippen molar-refractivity contribution in [3.05, 3.63) is 99.2 Å². The third-order valence-electron chi connectivity index (χ3n) is 4.51. The molecule has 0 aliphatic rings. The number of halogens is 1. The molecule has 4 rings (SSSR count). The number of nitro benzene ring substituents is 1. The highest BCUT2D eigenvalue weighted by molar-refractivity contribution is 6.30. The summed E-state index contributed by atoms with van der Waals surface area (Å²) in [5, 5.41) is 14.0. The topological polar surface area (TPSA) is 122 Å². The number of aromatic nitrogens is 2. The van der Waals surface area contributed by atoms with Crippen molar-refractivity contribution in [2.24, 2.45) is 0 Å². The quantitative estimate of drug-likeness (QED) is 0.257. The van der Waals surface area contributed by atoms with Gasteiger partial charge in [0.2, 0.25) is 0 Å². The summed E-state index contributed by atoms with van der Waals surface area (Å²) in [7, 11) is 0. The van der Waals surface area contributed by atoms with Gasteiger partial charge in [-0.1, -0.05) is 35.9 Å². The molecule has 0 radical (unpaired) electrons. The highest BCUT2D eigenvalue weighted by Crippen LogP contribution is 2.20. The van der Waals surface area contributed by atoms with Gasteiger partial charge in [0.1, 0.15) is 5.69 Å². The van der Waals surface area contributed by atoms with Crippen LogP contribution in [-0.2, 0) is 0 Å². The molecule has 0 atom stereocenters. The Labute approximate surface area is 193 Å². The SMILES string of the molecule is O=C(NNc1nc2ccccc2nc1/C=C/c1ccc([N+](=O)[O-])cc1)Nc1cccc(Cl)c1. The Kier molecular flexibility index (Phi) is 6.42. The molecule has 0 bridgehead atoms. The molecule has 0 fully saturated rings. The number of amides is 2. The molecule has 0 unspecified atom stereocenters. The Morgan fingerprint density at radius 3 is 2.36 bits per heavy atom. The molecule has 10 heteroatoms. The Hall–Kier alpha value is -4.50. The summed E-state index contributed by atoms with van der Waals surface area (Å²) in [4.78, 5) is 31.8. The Balaban J connectivity index is 1.55. The maximum absolute atomic E-state index is 12.3. The Morgan fingerprint density at radius 1 is 0.939 bits per heavy atom. The van der Waals surface area contributed by atoms with Crippen LogP contribution in [0, 0.1) is 10.1 Å². The number of benzene rings is 3. The minimum absolute atomic E-state index is 0.00918. The number of fused-ring (bicyclic) bond motifs is 1. The van der Waals surface area contributed by atoms with Gasteiger partial charge >= 0.3 is 6.03 Å². The van der Waals surface area contributed by atoms with E-state index in [4.69, 9.17) is 11.6 Å². The molecule has 4 aromatic rings. The van der Waals surface area contributed by atoms with Gasteiger partial charge in [0.15, 0.2) is 5.82 Å². The van der Waals surface area contributed by atoms with Crippen molar-refractivity contribution in [3.63, 3.8) is 0 Å². The molecule has 3 aromatic carbocycles. The number of hydrogen-bond acceptors (Lipinski definition) is 6. The first-order valence-electron chi connectivity index (χ1n) is 9.76. The lowest BCUT2D eigenvalue weighted by molar-refractivity contribution is -0.384. The van der Waals surface area contributed by atoms with Crippen molar-refractivity contribution in [1.82, 2.24) is 15.4 Å². The lowest BCUT2D eigenvalue weighted by atomic mass is 10.2. The molecule has 1 heterocycles. The van der Waals surface area contributed by atoms with Crippen molar-refractivity contribution >= 4 is 58.0 Å². The number of hydrogen-bond donors (Lipinski definition) is 3. The standard InChI is InChI=1S/C23H17ClN6O3/c24-16-4-3-5-17(14-16)25-23(31)29-28-22-21(26-19-6-1-2-7-20(19)27-22)13-10-15-8-11-18(12-9-15)30(32)33/h1-14H,(H,27,28)(H2,25,29,31)/b13-10+. The first-order chi connectivity index (χ1) is 16.0. The molecule has 0 saturated heterocycles. The van der Waals surface area contributed by atoms with Gasteiger partial charge in [-0.05, 0) is 54.1 Å². The van der Waals surface area contributed by atoms with E-state index < -0.39 is 11.0 Å². The fraction of sp³-hybridized carbons (Fsp3) is 0. The predicted molar refractivity (Wildman–Crippen MR) is 129 cm³/mol. The predicted octanol–water partition coefficient (Wildman–Crippen LogP) is 5.51. The Bertz CT molecular complexity index is 1360. The van der Waals surface area contributed by atoms with Crippen LogP contribution in [0.1, 0.15) is 11.3 Å². The van der Waals surface area contributed by atoms with Gasteiger partial charge < -0.3 is 5.32 Å². The monoisotopic (exact) mass is 460 g/mol. The van der Waals surface area contributed by atoms with Crippen molar-refractivity contribution in [1.29, 1.82) is 0 Å². The van der Waals surface area contributed by atoms with E-state index in [1.807, 2.05) is 24.3 Å².